The van der Waals surface area contributed by atoms with E-state index < -0.39 is 0 Å². The zero-order chi connectivity index (χ0) is 21.8. The predicted molar refractivity (Wildman–Crippen MR) is 120 cm³/mol. The number of anilines is 1. The minimum Gasteiger partial charge on any atom is -0.486 e. The summed E-state index contributed by atoms with van der Waals surface area (Å²) in [5.41, 5.74) is 4.15. The van der Waals surface area contributed by atoms with Crippen LogP contribution in [0.4, 0.5) is 5.69 Å². The second-order valence-electron chi connectivity index (χ2n) is 7.89. The Morgan fingerprint density at radius 3 is 2.74 bits per heavy atom. The molecule has 1 amide bonds. The number of hydrogen-bond donors (Lipinski definition) is 2. The van der Waals surface area contributed by atoms with Gasteiger partial charge in [0.15, 0.2) is 11.5 Å². The molecule has 0 bridgehead atoms. The van der Waals surface area contributed by atoms with Crippen molar-refractivity contribution in [1.82, 2.24) is 15.1 Å². The molecule has 3 aromatic rings. The van der Waals surface area contributed by atoms with Crippen molar-refractivity contribution in [2.45, 2.75) is 39.5 Å². The van der Waals surface area contributed by atoms with Crippen molar-refractivity contribution >= 4 is 11.6 Å². The molecule has 2 atom stereocenters. The molecule has 1 aliphatic heterocycles. The third kappa shape index (κ3) is 5.17. The summed E-state index contributed by atoms with van der Waals surface area (Å²) in [7, 11) is 0. The third-order valence-corrected chi connectivity index (χ3v) is 5.21. The molecule has 0 saturated carbocycles. The van der Waals surface area contributed by atoms with Crippen molar-refractivity contribution in [2.24, 2.45) is 0 Å². The van der Waals surface area contributed by atoms with Gasteiger partial charge in [-0.3, -0.25) is 9.48 Å². The monoisotopic (exact) mass is 420 g/mol. The molecular formula is C24H28N4O3. The molecular weight excluding hydrogens is 392 g/mol. The van der Waals surface area contributed by atoms with Gasteiger partial charge in [0.25, 0.3) is 0 Å². The maximum atomic E-state index is 12.6. The summed E-state index contributed by atoms with van der Waals surface area (Å²) in [5.74, 6) is 1.35. The van der Waals surface area contributed by atoms with Gasteiger partial charge < -0.3 is 20.1 Å². The zero-order valence-electron chi connectivity index (χ0n) is 18.1. The number of carbonyl (C=O) groups excluding carboxylic acids is 1. The fourth-order valence-corrected chi connectivity index (χ4v) is 3.61. The lowest BCUT2D eigenvalue weighted by Crippen LogP contribution is -2.45. The number of aromatic nitrogens is 2. The molecule has 2 unspecified atom stereocenters. The van der Waals surface area contributed by atoms with Gasteiger partial charge in [-0.1, -0.05) is 24.3 Å². The highest BCUT2D eigenvalue weighted by atomic mass is 16.6. The van der Waals surface area contributed by atoms with E-state index >= 15 is 0 Å². The molecule has 0 spiro atoms. The molecule has 2 aromatic carbocycles. The largest absolute Gasteiger partial charge is 0.486 e. The predicted octanol–water partition coefficient (Wildman–Crippen LogP) is 3.30. The van der Waals surface area contributed by atoms with Gasteiger partial charge in [-0.25, -0.2) is 0 Å². The van der Waals surface area contributed by atoms with Crippen LogP contribution in [0.15, 0.2) is 54.6 Å². The van der Waals surface area contributed by atoms with Crippen molar-refractivity contribution in [1.29, 1.82) is 0 Å². The molecule has 2 N–H and O–H groups in total. The standard InChI is InChI=1S/C24H28N4O3/c1-16-11-17(2)28(27-16)14-19-7-6-8-20(12-19)26-18(3)24(29)25-13-21-15-30-22-9-4-5-10-23(22)31-21/h4-12,18,21,26H,13-15H2,1-3H3,(H,25,29). The molecule has 162 valence electrons. The number of hydrogen-bond acceptors (Lipinski definition) is 5. The highest BCUT2D eigenvalue weighted by Crippen LogP contribution is 2.30. The smallest absolute Gasteiger partial charge is 0.242 e. The Morgan fingerprint density at radius 2 is 1.97 bits per heavy atom. The minimum atomic E-state index is -0.388. The molecule has 0 fully saturated rings. The Morgan fingerprint density at radius 1 is 1.16 bits per heavy atom. The Bertz CT molecular complexity index is 1060. The second-order valence-corrected chi connectivity index (χ2v) is 7.89. The lowest BCUT2D eigenvalue weighted by molar-refractivity contribution is -0.122. The summed E-state index contributed by atoms with van der Waals surface area (Å²) in [6, 6.07) is 17.3. The van der Waals surface area contributed by atoms with Crippen molar-refractivity contribution in [3.63, 3.8) is 0 Å². The first-order chi connectivity index (χ1) is 15.0. The van der Waals surface area contributed by atoms with E-state index in [1.807, 2.05) is 61.9 Å². The zero-order valence-corrected chi connectivity index (χ0v) is 18.1. The van der Waals surface area contributed by atoms with Gasteiger partial charge >= 0.3 is 0 Å². The molecule has 1 aliphatic rings. The van der Waals surface area contributed by atoms with Crippen molar-refractivity contribution in [3.05, 3.63) is 71.5 Å². The van der Waals surface area contributed by atoms with Crippen molar-refractivity contribution in [2.75, 3.05) is 18.5 Å². The number of rotatable bonds is 7. The number of amides is 1. The van der Waals surface area contributed by atoms with Crippen molar-refractivity contribution in [3.8, 4) is 11.5 Å². The quantitative estimate of drug-likeness (QED) is 0.613. The van der Waals surface area contributed by atoms with E-state index in [1.54, 1.807) is 0 Å². The normalized spacial score (nSPS) is 15.9. The van der Waals surface area contributed by atoms with Gasteiger partial charge in [-0.2, -0.15) is 5.10 Å². The van der Waals surface area contributed by atoms with E-state index in [0.29, 0.717) is 25.4 Å². The Labute approximate surface area is 182 Å². The Balaban J connectivity index is 1.29. The van der Waals surface area contributed by atoms with Gasteiger partial charge in [-0.05, 0) is 56.7 Å². The van der Waals surface area contributed by atoms with Crippen LogP contribution in [0.5, 0.6) is 11.5 Å². The topological polar surface area (TPSA) is 77.4 Å². The van der Waals surface area contributed by atoms with Gasteiger partial charge in [0.1, 0.15) is 18.8 Å². The van der Waals surface area contributed by atoms with Gasteiger partial charge in [0, 0.05) is 11.4 Å². The maximum Gasteiger partial charge on any atom is 0.242 e. The van der Waals surface area contributed by atoms with Crippen LogP contribution < -0.4 is 20.1 Å². The highest BCUT2D eigenvalue weighted by Gasteiger charge is 2.22. The summed E-state index contributed by atoms with van der Waals surface area (Å²) in [6.45, 7) is 7.37. The molecule has 1 aromatic heterocycles. The summed E-state index contributed by atoms with van der Waals surface area (Å²) < 4.78 is 13.6. The molecule has 0 aliphatic carbocycles. The summed E-state index contributed by atoms with van der Waals surface area (Å²) >= 11 is 0. The van der Waals surface area contributed by atoms with Crippen molar-refractivity contribution < 1.29 is 14.3 Å². The first-order valence-corrected chi connectivity index (χ1v) is 10.5. The molecule has 0 saturated heterocycles. The second kappa shape index (κ2) is 9.12. The van der Waals surface area contributed by atoms with E-state index in [9.17, 15) is 4.79 Å². The van der Waals surface area contributed by atoms with E-state index in [1.165, 1.54) is 0 Å². The summed E-state index contributed by atoms with van der Waals surface area (Å²) in [5, 5.41) is 10.7. The fourth-order valence-electron chi connectivity index (χ4n) is 3.61. The number of carbonyl (C=O) groups is 1. The molecule has 2 heterocycles. The van der Waals surface area contributed by atoms with Crippen LogP contribution in [0.1, 0.15) is 23.9 Å². The molecule has 31 heavy (non-hydrogen) atoms. The van der Waals surface area contributed by atoms with Gasteiger partial charge in [-0.15, -0.1) is 0 Å². The number of para-hydroxylation sites is 2. The van der Waals surface area contributed by atoms with Gasteiger partial charge in [0.05, 0.1) is 18.8 Å². The SMILES string of the molecule is Cc1cc(C)n(Cc2cccc(NC(C)C(=O)NCC3COc4ccccc4O3)c2)n1. The van der Waals surface area contributed by atoms with E-state index in [0.717, 1.165) is 28.4 Å². The molecule has 7 nitrogen and oxygen atoms in total. The van der Waals surface area contributed by atoms with Crippen LogP contribution in [0, 0.1) is 13.8 Å². The van der Waals surface area contributed by atoms with Crippen LogP contribution in [-0.4, -0.2) is 41.0 Å². The van der Waals surface area contributed by atoms with Crippen LogP contribution in [0.25, 0.3) is 0 Å². The molecule has 4 rings (SSSR count). The number of nitrogens with zero attached hydrogens (tertiary/aromatic N) is 2. The van der Waals surface area contributed by atoms with E-state index in [4.69, 9.17) is 9.47 Å². The average Bonchev–Trinajstić information content (AvgIpc) is 3.08. The average molecular weight is 421 g/mol. The first kappa shape index (κ1) is 20.8. The Hall–Kier alpha value is -3.48. The van der Waals surface area contributed by atoms with E-state index in [2.05, 4.69) is 33.9 Å². The van der Waals surface area contributed by atoms with Gasteiger partial charge in [0.2, 0.25) is 5.91 Å². The summed E-state index contributed by atoms with van der Waals surface area (Å²) in [6.07, 6.45) is -0.213. The Kier molecular flexibility index (Phi) is 6.11. The van der Waals surface area contributed by atoms with E-state index in [-0.39, 0.29) is 18.1 Å². The number of aryl methyl sites for hydroxylation is 2. The van der Waals surface area contributed by atoms with Crippen LogP contribution in [-0.2, 0) is 11.3 Å². The lowest BCUT2D eigenvalue weighted by Gasteiger charge is -2.27. The third-order valence-electron chi connectivity index (χ3n) is 5.21. The highest BCUT2D eigenvalue weighted by molar-refractivity contribution is 5.84. The lowest BCUT2D eigenvalue weighted by atomic mass is 10.2. The minimum absolute atomic E-state index is 0.0913. The van der Waals surface area contributed by atoms with Crippen LogP contribution in [0.3, 0.4) is 0 Å². The fraction of sp³-hybridized carbons (Fsp3) is 0.333. The first-order valence-electron chi connectivity index (χ1n) is 10.5. The number of benzene rings is 2. The van der Waals surface area contributed by atoms with Crippen LogP contribution >= 0.6 is 0 Å². The number of ether oxygens (including phenoxy) is 2. The maximum absolute atomic E-state index is 12.6. The molecule has 0 radical (unpaired) electrons. The molecule has 7 heteroatoms. The number of fused-ring (bicyclic) bond motifs is 1. The summed E-state index contributed by atoms with van der Waals surface area (Å²) in [4.78, 5) is 12.6. The number of nitrogens with one attached hydrogen (secondary N) is 2. The van der Waals surface area contributed by atoms with Crippen LogP contribution in [0.2, 0.25) is 0 Å².